The van der Waals surface area contributed by atoms with E-state index in [1.54, 1.807) is 6.92 Å². The van der Waals surface area contributed by atoms with Gasteiger partial charge in [0.25, 0.3) is 0 Å². The first-order valence-corrected chi connectivity index (χ1v) is 7.49. The number of aryl methyl sites for hydroxylation is 1. The molecule has 116 valence electrons. The number of rotatable bonds is 3. The maximum atomic E-state index is 11.3. The molecule has 0 spiro atoms. The smallest absolute Gasteiger partial charge is 0.247 e. The van der Waals surface area contributed by atoms with Crippen molar-refractivity contribution in [3.8, 4) is 11.5 Å². The van der Waals surface area contributed by atoms with Crippen molar-refractivity contribution in [2.75, 3.05) is 26.2 Å². The Morgan fingerprint density at radius 3 is 2.45 bits per heavy atom. The van der Waals surface area contributed by atoms with Crippen LogP contribution in [0.25, 0.3) is 11.5 Å². The molecule has 1 amide bonds. The minimum absolute atomic E-state index is 0.138. The van der Waals surface area contributed by atoms with Crippen LogP contribution in [0.5, 0.6) is 0 Å². The minimum atomic E-state index is 0.138. The molecule has 2 heterocycles. The van der Waals surface area contributed by atoms with Crippen LogP contribution in [-0.2, 0) is 11.3 Å². The van der Waals surface area contributed by atoms with Crippen LogP contribution < -0.4 is 0 Å². The molecule has 1 saturated heterocycles. The van der Waals surface area contributed by atoms with Gasteiger partial charge in [0, 0.05) is 38.7 Å². The molecule has 0 unspecified atom stereocenters. The predicted molar refractivity (Wildman–Crippen MR) is 82.0 cm³/mol. The van der Waals surface area contributed by atoms with Gasteiger partial charge in [-0.05, 0) is 19.1 Å². The first-order chi connectivity index (χ1) is 10.6. The topological polar surface area (TPSA) is 62.5 Å². The molecule has 1 aliphatic rings. The zero-order valence-electron chi connectivity index (χ0n) is 13.0. The van der Waals surface area contributed by atoms with Crippen LogP contribution in [0.3, 0.4) is 0 Å². The summed E-state index contributed by atoms with van der Waals surface area (Å²) in [5.74, 6) is 1.31. The van der Waals surface area contributed by atoms with Crippen molar-refractivity contribution in [2.24, 2.45) is 0 Å². The summed E-state index contributed by atoms with van der Waals surface area (Å²) in [6.07, 6.45) is 0. The summed E-state index contributed by atoms with van der Waals surface area (Å²) in [4.78, 5) is 15.4. The van der Waals surface area contributed by atoms with Gasteiger partial charge in [0.2, 0.25) is 17.7 Å². The molecule has 1 aromatic heterocycles. The zero-order valence-corrected chi connectivity index (χ0v) is 13.0. The Morgan fingerprint density at radius 1 is 1.14 bits per heavy atom. The second-order valence-electron chi connectivity index (χ2n) is 5.65. The second kappa shape index (κ2) is 6.27. The lowest BCUT2D eigenvalue weighted by Crippen LogP contribution is -2.47. The molecular formula is C16H20N4O2. The molecule has 6 heteroatoms. The molecule has 1 fully saturated rings. The summed E-state index contributed by atoms with van der Waals surface area (Å²) in [7, 11) is 0. The summed E-state index contributed by atoms with van der Waals surface area (Å²) >= 11 is 0. The Labute approximate surface area is 129 Å². The van der Waals surface area contributed by atoms with Crippen molar-refractivity contribution in [3.05, 3.63) is 35.7 Å². The van der Waals surface area contributed by atoms with Gasteiger partial charge in [-0.3, -0.25) is 9.69 Å². The molecule has 1 aliphatic heterocycles. The summed E-state index contributed by atoms with van der Waals surface area (Å²) < 4.78 is 5.74. The average molecular weight is 300 g/mol. The molecule has 0 saturated carbocycles. The van der Waals surface area contributed by atoms with E-state index in [4.69, 9.17) is 4.42 Å². The third kappa shape index (κ3) is 3.33. The number of hydrogen-bond donors (Lipinski definition) is 0. The van der Waals surface area contributed by atoms with Crippen molar-refractivity contribution in [2.45, 2.75) is 20.4 Å². The quantitative estimate of drug-likeness (QED) is 0.863. The van der Waals surface area contributed by atoms with E-state index >= 15 is 0 Å². The molecule has 2 aromatic rings. The summed E-state index contributed by atoms with van der Waals surface area (Å²) in [6.45, 7) is 7.47. The van der Waals surface area contributed by atoms with Crippen molar-refractivity contribution in [1.82, 2.24) is 20.0 Å². The molecule has 1 aromatic carbocycles. The molecule has 22 heavy (non-hydrogen) atoms. The average Bonchev–Trinajstić information content (AvgIpc) is 2.97. The lowest BCUT2D eigenvalue weighted by Gasteiger charge is -2.33. The van der Waals surface area contributed by atoms with E-state index in [-0.39, 0.29) is 5.91 Å². The Kier molecular flexibility index (Phi) is 4.20. The number of piperazine rings is 1. The third-order valence-electron chi connectivity index (χ3n) is 3.94. The van der Waals surface area contributed by atoms with Crippen molar-refractivity contribution in [1.29, 1.82) is 0 Å². The zero-order chi connectivity index (χ0) is 15.5. The van der Waals surface area contributed by atoms with Gasteiger partial charge in [0.15, 0.2) is 0 Å². The standard InChI is InChI=1S/C16H20N4O2/c1-12-3-5-14(6-4-12)16-18-17-15(22-16)11-19-7-9-20(10-8-19)13(2)21/h3-6H,7-11H2,1-2H3. The Morgan fingerprint density at radius 2 is 1.82 bits per heavy atom. The summed E-state index contributed by atoms with van der Waals surface area (Å²) in [6, 6.07) is 8.02. The van der Waals surface area contributed by atoms with Gasteiger partial charge in [0.05, 0.1) is 6.54 Å². The number of aromatic nitrogens is 2. The van der Waals surface area contributed by atoms with E-state index < -0.39 is 0 Å². The fraction of sp³-hybridized carbons (Fsp3) is 0.438. The second-order valence-corrected chi connectivity index (χ2v) is 5.65. The van der Waals surface area contributed by atoms with Crippen LogP contribution in [0.1, 0.15) is 18.4 Å². The lowest BCUT2D eigenvalue weighted by atomic mass is 10.1. The number of benzene rings is 1. The highest BCUT2D eigenvalue weighted by Gasteiger charge is 2.20. The monoisotopic (exact) mass is 300 g/mol. The number of hydrogen-bond acceptors (Lipinski definition) is 5. The molecule has 0 radical (unpaired) electrons. The van der Waals surface area contributed by atoms with Gasteiger partial charge >= 0.3 is 0 Å². The molecule has 3 rings (SSSR count). The van der Waals surface area contributed by atoms with Crippen LogP contribution in [0, 0.1) is 6.92 Å². The van der Waals surface area contributed by atoms with Crippen LogP contribution in [-0.4, -0.2) is 52.1 Å². The fourth-order valence-electron chi connectivity index (χ4n) is 2.54. The van der Waals surface area contributed by atoms with Gasteiger partial charge in [-0.15, -0.1) is 10.2 Å². The van der Waals surface area contributed by atoms with Gasteiger partial charge in [0.1, 0.15) is 0 Å². The van der Waals surface area contributed by atoms with Gasteiger partial charge in [-0.2, -0.15) is 0 Å². The van der Waals surface area contributed by atoms with Crippen molar-refractivity contribution in [3.63, 3.8) is 0 Å². The molecule has 6 nitrogen and oxygen atoms in total. The number of nitrogens with zero attached hydrogens (tertiary/aromatic N) is 4. The van der Waals surface area contributed by atoms with E-state index in [2.05, 4.69) is 15.1 Å². The van der Waals surface area contributed by atoms with E-state index in [1.807, 2.05) is 36.1 Å². The molecule has 0 N–H and O–H groups in total. The lowest BCUT2D eigenvalue weighted by molar-refractivity contribution is -0.130. The van der Waals surface area contributed by atoms with Gasteiger partial charge in [-0.25, -0.2) is 0 Å². The van der Waals surface area contributed by atoms with Crippen molar-refractivity contribution >= 4 is 5.91 Å². The van der Waals surface area contributed by atoms with Crippen LogP contribution in [0.2, 0.25) is 0 Å². The van der Waals surface area contributed by atoms with E-state index in [1.165, 1.54) is 5.56 Å². The highest BCUT2D eigenvalue weighted by molar-refractivity contribution is 5.73. The third-order valence-corrected chi connectivity index (χ3v) is 3.94. The first-order valence-electron chi connectivity index (χ1n) is 7.49. The maximum absolute atomic E-state index is 11.3. The highest BCUT2D eigenvalue weighted by Crippen LogP contribution is 2.19. The SMILES string of the molecule is CC(=O)N1CCN(Cc2nnc(-c3ccc(C)cc3)o2)CC1. The summed E-state index contributed by atoms with van der Waals surface area (Å²) in [5, 5.41) is 8.24. The predicted octanol–water partition coefficient (Wildman–Crippen LogP) is 1.71. The van der Waals surface area contributed by atoms with Crippen molar-refractivity contribution < 1.29 is 9.21 Å². The minimum Gasteiger partial charge on any atom is -0.419 e. The molecular weight excluding hydrogens is 280 g/mol. The number of carbonyl (C=O) groups excluding carboxylic acids is 1. The Balaban J connectivity index is 1.60. The maximum Gasteiger partial charge on any atom is 0.247 e. The van der Waals surface area contributed by atoms with E-state index in [9.17, 15) is 4.79 Å². The van der Waals surface area contributed by atoms with E-state index in [0.29, 0.717) is 18.3 Å². The van der Waals surface area contributed by atoms with Crippen LogP contribution >= 0.6 is 0 Å². The summed E-state index contributed by atoms with van der Waals surface area (Å²) in [5.41, 5.74) is 2.14. The fourth-order valence-corrected chi connectivity index (χ4v) is 2.54. The number of amides is 1. The first kappa shape index (κ1) is 14.7. The Bertz CT molecular complexity index is 642. The van der Waals surface area contributed by atoms with Gasteiger partial charge < -0.3 is 9.32 Å². The molecule has 0 bridgehead atoms. The molecule has 0 aliphatic carbocycles. The van der Waals surface area contributed by atoms with Crippen LogP contribution in [0.4, 0.5) is 0 Å². The Hall–Kier alpha value is -2.21. The van der Waals surface area contributed by atoms with E-state index in [0.717, 1.165) is 31.7 Å². The van der Waals surface area contributed by atoms with Gasteiger partial charge in [-0.1, -0.05) is 17.7 Å². The molecule has 0 atom stereocenters. The highest BCUT2D eigenvalue weighted by atomic mass is 16.4. The normalized spacial score (nSPS) is 16.0. The number of carbonyl (C=O) groups is 1. The largest absolute Gasteiger partial charge is 0.419 e. The van der Waals surface area contributed by atoms with Crippen LogP contribution in [0.15, 0.2) is 28.7 Å².